The van der Waals surface area contributed by atoms with Crippen LogP contribution in [0.15, 0.2) is 73.2 Å². The minimum atomic E-state index is -1.37. The first-order chi connectivity index (χ1) is 15.3. The Labute approximate surface area is 184 Å². The zero-order chi connectivity index (χ0) is 23.6. The molecule has 0 aromatic heterocycles. The summed E-state index contributed by atoms with van der Waals surface area (Å²) < 4.78 is 0. The maximum Gasteiger partial charge on any atom is 0.141 e. The van der Waals surface area contributed by atoms with Crippen LogP contribution in [0.2, 0.25) is 0 Å². The lowest BCUT2D eigenvalue weighted by Crippen LogP contribution is -2.45. The number of oxime groups is 4. The van der Waals surface area contributed by atoms with Gasteiger partial charge in [-0.25, -0.2) is 0 Å². The second-order valence-electron chi connectivity index (χ2n) is 8.01. The van der Waals surface area contributed by atoms with Gasteiger partial charge in [0.1, 0.15) is 23.6 Å². The molecule has 0 bridgehead atoms. The highest BCUT2D eigenvalue weighted by molar-refractivity contribution is 6.22. The normalized spacial score (nSPS) is 29.3. The third kappa shape index (κ3) is 3.47. The van der Waals surface area contributed by atoms with Gasteiger partial charge in [-0.3, -0.25) is 0 Å². The molecule has 3 rings (SSSR count). The number of hydrogen-bond donors (Lipinski definition) is 6. The lowest BCUT2D eigenvalue weighted by molar-refractivity contribution is 0.262. The second kappa shape index (κ2) is 8.93. The number of aliphatic hydroxyl groups is 2. The molecule has 0 aliphatic heterocycles. The van der Waals surface area contributed by atoms with Gasteiger partial charge in [0.05, 0.1) is 11.4 Å². The molecule has 2 aliphatic rings. The third-order valence-corrected chi connectivity index (χ3v) is 6.57. The van der Waals surface area contributed by atoms with Crippen LogP contribution in [0.5, 0.6) is 0 Å². The minimum Gasteiger partial charge on any atom is -0.411 e. The van der Waals surface area contributed by atoms with E-state index in [2.05, 4.69) is 20.6 Å². The molecular formula is C22H26N4O6. The Bertz CT molecular complexity index is 1020. The first-order valence-corrected chi connectivity index (χ1v) is 9.94. The van der Waals surface area contributed by atoms with Crippen molar-refractivity contribution in [3.05, 3.63) is 58.2 Å². The number of aliphatic hydroxyl groups excluding tert-OH is 2. The molecule has 170 valence electrons. The maximum atomic E-state index is 10.4. The fraction of sp³-hybridized carbons (Fsp3) is 0.364. The lowest BCUT2D eigenvalue weighted by Gasteiger charge is -2.42. The van der Waals surface area contributed by atoms with E-state index in [0.717, 1.165) is 5.56 Å². The van der Waals surface area contributed by atoms with Crippen molar-refractivity contribution >= 4 is 22.8 Å². The summed E-state index contributed by atoms with van der Waals surface area (Å²) in [5.41, 5.74) is 2.05. The van der Waals surface area contributed by atoms with Crippen LogP contribution in [0, 0.1) is 0 Å². The number of benzene rings is 1. The van der Waals surface area contributed by atoms with Crippen molar-refractivity contribution in [3.63, 3.8) is 0 Å². The number of rotatable bonds is 3. The Morgan fingerprint density at radius 3 is 1.47 bits per heavy atom. The smallest absolute Gasteiger partial charge is 0.141 e. The van der Waals surface area contributed by atoms with Gasteiger partial charge in [0.2, 0.25) is 0 Å². The van der Waals surface area contributed by atoms with Crippen molar-refractivity contribution in [2.45, 2.75) is 51.2 Å². The van der Waals surface area contributed by atoms with Crippen LogP contribution in [-0.2, 0) is 5.41 Å². The molecule has 1 aromatic carbocycles. The highest BCUT2D eigenvalue weighted by Crippen LogP contribution is 2.48. The average Bonchev–Trinajstić information content (AvgIpc) is 2.80. The summed E-state index contributed by atoms with van der Waals surface area (Å²) in [5.74, 6) is 0. The van der Waals surface area contributed by atoms with Gasteiger partial charge in [0, 0.05) is 18.3 Å². The van der Waals surface area contributed by atoms with E-state index < -0.39 is 17.6 Å². The van der Waals surface area contributed by atoms with Crippen molar-refractivity contribution < 1.29 is 31.0 Å². The quantitative estimate of drug-likeness (QED) is 0.310. The van der Waals surface area contributed by atoms with Crippen molar-refractivity contribution in [2.75, 3.05) is 0 Å². The van der Waals surface area contributed by atoms with Gasteiger partial charge in [0.15, 0.2) is 0 Å². The molecule has 6 N–H and O–H groups in total. The Hall–Kier alpha value is -3.50. The van der Waals surface area contributed by atoms with E-state index in [1.807, 2.05) is 37.3 Å². The SMILES string of the molecule is CC1=C(C(C)(C2=C(C)C(=NO)C(O)C(=NO)C2)c2ccccc2)CC(=NO)C(O)C1=NO. The van der Waals surface area contributed by atoms with Crippen LogP contribution in [0.3, 0.4) is 0 Å². The molecule has 2 atom stereocenters. The van der Waals surface area contributed by atoms with Crippen LogP contribution in [0.25, 0.3) is 0 Å². The van der Waals surface area contributed by atoms with Crippen LogP contribution in [0.1, 0.15) is 39.2 Å². The summed E-state index contributed by atoms with van der Waals surface area (Å²) in [6, 6.07) is 9.31. The molecule has 32 heavy (non-hydrogen) atoms. The van der Waals surface area contributed by atoms with Crippen molar-refractivity contribution in [1.82, 2.24) is 0 Å². The number of hydrogen-bond acceptors (Lipinski definition) is 10. The van der Waals surface area contributed by atoms with E-state index in [-0.39, 0.29) is 35.7 Å². The number of nitrogens with zero attached hydrogens (tertiary/aromatic N) is 4. The Morgan fingerprint density at radius 1 is 0.719 bits per heavy atom. The fourth-order valence-electron chi connectivity index (χ4n) is 4.70. The molecule has 0 amide bonds. The number of allylic oxidation sites excluding steroid dienone is 2. The van der Waals surface area contributed by atoms with E-state index in [9.17, 15) is 31.0 Å². The van der Waals surface area contributed by atoms with Gasteiger partial charge in [-0.05, 0) is 48.6 Å². The molecular weight excluding hydrogens is 416 g/mol. The van der Waals surface area contributed by atoms with E-state index in [1.54, 1.807) is 13.8 Å². The predicted octanol–water partition coefficient (Wildman–Crippen LogP) is 2.43. The van der Waals surface area contributed by atoms with Gasteiger partial charge in [0.25, 0.3) is 0 Å². The summed E-state index contributed by atoms with van der Waals surface area (Å²) in [7, 11) is 0. The largest absolute Gasteiger partial charge is 0.411 e. The summed E-state index contributed by atoms with van der Waals surface area (Å²) in [6.07, 6.45) is -2.63. The van der Waals surface area contributed by atoms with Crippen molar-refractivity contribution in [2.24, 2.45) is 20.6 Å². The third-order valence-electron chi connectivity index (χ3n) is 6.57. The lowest BCUT2D eigenvalue weighted by atomic mass is 9.61. The highest BCUT2D eigenvalue weighted by Gasteiger charge is 2.46. The summed E-state index contributed by atoms with van der Waals surface area (Å²) in [4.78, 5) is 0. The van der Waals surface area contributed by atoms with Crippen molar-refractivity contribution in [3.8, 4) is 0 Å². The Balaban J connectivity index is 2.41. The van der Waals surface area contributed by atoms with Gasteiger partial charge in [-0.1, -0.05) is 51.0 Å². The molecule has 0 saturated carbocycles. The Morgan fingerprint density at radius 2 is 1.12 bits per heavy atom. The first kappa shape index (κ1) is 23.2. The van der Waals surface area contributed by atoms with E-state index in [4.69, 9.17) is 0 Å². The zero-order valence-corrected chi connectivity index (χ0v) is 17.9. The zero-order valence-electron chi connectivity index (χ0n) is 17.9. The van der Waals surface area contributed by atoms with Gasteiger partial charge >= 0.3 is 0 Å². The summed E-state index contributed by atoms with van der Waals surface area (Å²) in [5, 5.41) is 71.9. The molecule has 0 saturated heterocycles. The fourth-order valence-corrected chi connectivity index (χ4v) is 4.70. The van der Waals surface area contributed by atoms with Gasteiger partial charge in [-0.2, -0.15) is 0 Å². The van der Waals surface area contributed by atoms with Crippen LogP contribution < -0.4 is 0 Å². The van der Waals surface area contributed by atoms with E-state index >= 15 is 0 Å². The Kier molecular flexibility index (Phi) is 6.47. The molecule has 0 radical (unpaired) electrons. The van der Waals surface area contributed by atoms with E-state index in [0.29, 0.717) is 22.3 Å². The summed E-state index contributed by atoms with van der Waals surface area (Å²) >= 11 is 0. The molecule has 2 aliphatic carbocycles. The van der Waals surface area contributed by atoms with Gasteiger partial charge in [-0.15, -0.1) is 0 Å². The standard InChI is InChI=1S/C22H26N4O6/c1-11-14(9-16(23-29)20(27)18(11)25-31)22(3,13-7-5-4-6-8-13)15-10-17(24-30)21(28)19(26-32)12(15)2/h4-8,20-21,27-32H,9-10H2,1-3H3. The van der Waals surface area contributed by atoms with Crippen LogP contribution >= 0.6 is 0 Å². The predicted molar refractivity (Wildman–Crippen MR) is 117 cm³/mol. The average molecular weight is 442 g/mol. The van der Waals surface area contributed by atoms with Crippen molar-refractivity contribution in [1.29, 1.82) is 0 Å². The second-order valence-corrected chi connectivity index (χ2v) is 8.01. The first-order valence-electron chi connectivity index (χ1n) is 9.94. The molecule has 10 nitrogen and oxygen atoms in total. The minimum absolute atomic E-state index is 0.00162. The molecule has 10 heteroatoms. The topological polar surface area (TPSA) is 171 Å². The highest BCUT2D eigenvalue weighted by atomic mass is 16.4. The molecule has 0 spiro atoms. The molecule has 0 heterocycles. The maximum absolute atomic E-state index is 10.4. The van der Waals surface area contributed by atoms with Crippen LogP contribution in [0.4, 0.5) is 0 Å². The molecule has 1 aromatic rings. The summed E-state index contributed by atoms with van der Waals surface area (Å²) in [6.45, 7) is 5.28. The molecule has 0 fully saturated rings. The molecule has 2 unspecified atom stereocenters. The van der Waals surface area contributed by atoms with E-state index in [1.165, 1.54) is 0 Å². The monoisotopic (exact) mass is 442 g/mol. The van der Waals surface area contributed by atoms with Crippen LogP contribution in [-0.4, -0.2) is 66.1 Å². The van der Waals surface area contributed by atoms with Gasteiger partial charge < -0.3 is 31.0 Å².